The van der Waals surface area contributed by atoms with Gasteiger partial charge < -0.3 is 14.9 Å². The van der Waals surface area contributed by atoms with Crippen LogP contribution < -0.4 is 10.1 Å². The largest absolute Gasteiger partial charge is 0.495 e. The van der Waals surface area contributed by atoms with Crippen LogP contribution in [-0.2, 0) is 9.63 Å². The van der Waals surface area contributed by atoms with Crippen molar-refractivity contribution in [2.75, 3.05) is 12.4 Å². The van der Waals surface area contributed by atoms with Crippen LogP contribution in [0, 0.1) is 17.0 Å². The summed E-state index contributed by atoms with van der Waals surface area (Å²) < 4.78 is 5.21. The van der Waals surface area contributed by atoms with Gasteiger partial charge in [0.2, 0.25) is 6.10 Å². The molecule has 0 aliphatic rings. The highest BCUT2D eigenvalue weighted by Crippen LogP contribution is 2.25. The molecular formula is C18H19N3O5. The van der Waals surface area contributed by atoms with Crippen LogP contribution in [0.1, 0.15) is 18.1 Å². The van der Waals surface area contributed by atoms with Gasteiger partial charge in [-0.1, -0.05) is 23.4 Å². The normalized spacial score (nSPS) is 11.8. The third kappa shape index (κ3) is 5.04. The first-order valence-corrected chi connectivity index (χ1v) is 7.80. The number of nitro benzene ring substituents is 1. The molecule has 0 heterocycles. The van der Waals surface area contributed by atoms with E-state index < -0.39 is 16.9 Å². The van der Waals surface area contributed by atoms with Crippen LogP contribution in [-0.4, -0.2) is 30.3 Å². The van der Waals surface area contributed by atoms with Crippen molar-refractivity contribution in [2.45, 2.75) is 20.0 Å². The Morgan fingerprint density at radius 3 is 2.77 bits per heavy atom. The van der Waals surface area contributed by atoms with E-state index in [0.29, 0.717) is 17.0 Å². The zero-order chi connectivity index (χ0) is 19.1. The number of carbonyl (C=O) groups excluding carboxylic acids is 1. The molecule has 0 spiro atoms. The number of nitrogens with one attached hydrogen (secondary N) is 1. The number of methoxy groups -OCH3 is 1. The average Bonchev–Trinajstić information content (AvgIpc) is 2.62. The van der Waals surface area contributed by atoms with E-state index in [-0.39, 0.29) is 5.69 Å². The quantitative estimate of drug-likeness (QED) is 0.465. The summed E-state index contributed by atoms with van der Waals surface area (Å²) in [5.41, 5.74) is 1.95. The van der Waals surface area contributed by atoms with Gasteiger partial charge >= 0.3 is 0 Å². The van der Waals surface area contributed by atoms with Gasteiger partial charge in [0.15, 0.2) is 0 Å². The van der Waals surface area contributed by atoms with E-state index in [9.17, 15) is 14.9 Å². The molecule has 0 saturated carbocycles. The van der Waals surface area contributed by atoms with Gasteiger partial charge in [0.05, 0.1) is 23.9 Å². The molecule has 0 aromatic heterocycles. The van der Waals surface area contributed by atoms with Crippen LogP contribution in [0.2, 0.25) is 0 Å². The van der Waals surface area contributed by atoms with Crippen LogP contribution in [0.3, 0.4) is 0 Å². The number of hydrogen-bond acceptors (Lipinski definition) is 6. The highest BCUT2D eigenvalue weighted by Gasteiger charge is 2.16. The van der Waals surface area contributed by atoms with Gasteiger partial charge in [-0.3, -0.25) is 14.9 Å². The molecule has 26 heavy (non-hydrogen) atoms. The van der Waals surface area contributed by atoms with Crippen molar-refractivity contribution in [1.29, 1.82) is 0 Å². The fraction of sp³-hybridized carbons (Fsp3) is 0.222. The number of nitro groups is 1. The Kier molecular flexibility index (Phi) is 6.26. The molecule has 136 valence electrons. The second-order valence-corrected chi connectivity index (χ2v) is 5.53. The minimum atomic E-state index is -0.866. The highest BCUT2D eigenvalue weighted by atomic mass is 16.6. The molecule has 2 rings (SSSR count). The molecule has 0 bridgehead atoms. The van der Waals surface area contributed by atoms with Crippen molar-refractivity contribution in [1.82, 2.24) is 0 Å². The molecule has 8 heteroatoms. The summed E-state index contributed by atoms with van der Waals surface area (Å²) in [4.78, 5) is 27.6. The highest BCUT2D eigenvalue weighted by molar-refractivity contribution is 5.95. The van der Waals surface area contributed by atoms with Crippen LogP contribution >= 0.6 is 0 Å². The molecule has 2 aromatic rings. The van der Waals surface area contributed by atoms with Crippen molar-refractivity contribution in [3.8, 4) is 5.75 Å². The number of benzene rings is 2. The Morgan fingerprint density at radius 2 is 2.08 bits per heavy atom. The first kappa shape index (κ1) is 18.9. The summed E-state index contributed by atoms with van der Waals surface area (Å²) in [5.74, 6) is 0.140. The molecular weight excluding hydrogens is 338 g/mol. The summed E-state index contributed by atoms with van der Waals surface area (Å²) >= 11 is 0. The Morgan fingerprint density at radius 1 is 1.31 bits per heavy atom. The Hall–Kier alpha value is -3.42. The number of aryl methyl sites for hydroxylation is 1. The molecule has 0 radical (unpaired) electrons. The predicted molar refractivity (Wildman–Crippen MR) is 97.6 cm³/mol. The minimum absolute atomic E-state index is 0.0497. The molecule has 1 N–H and O–H groups in total. The Balaban J connectivity index is 1.98. The lowest BCUT2D eigenvalue weighted by Gasteiger charge is -2.13. The first-order valence-electron chi connectivity index (χ1n) is 7.80. The zero-order valence-electron chi connectivity index (χ0n) is 14.6. The predicted octanol–water partition coefficient (Wildman–Crippen LogP) is 3.29. The third-order valence-electron chi connectivity index (χ3n) is 3.48. The first-order chi connectivity index (χ1) is 12.4. The number of hydrogen-bond donors (Lipinski definition) is 1. The lowest BCUT2D eigenvalue weighted by molar-refractivity contribution is -0.384. The lowest BCUT2D eigenvalue weighted by Crippen LogP contribution is -2.26. The summed E-state index contributed by atoms with van der Waals surface area (Å²) in [7, 11) is 1.52. The van der Waals surface area contributed by atoms with Crippen LogP contribution in [0.25, 0.3) is 0 Å². The minimum Gasteiger partial charge on any atom is -0.495 e. The Bertz CT molecular complexity index is 835. The Labute approximate surface area is 150 Å². The number of rotatable bonds is 7. The summed E-state index contributed by atoms with van der Waals surface area (Å²) in [5, 5.41) is 17.2. The van der Waals surface area contributed by atoms with E-state index in [2.05, 4.69) is 10.5 Å². The van der Waals surface area contributed by atoms with Gasteiger partial charge in [-0.25, -0.2) is 0 Å². The number of oxime groups is 1. The van der Waals surface area contributed by atoms with Crippen molar-refractivity contribution in [3.05, 3.63) is 63.7 Å². The standard InChI is InChI=1S/C18H19N3O5/c1-12-7-8-17(25-3)16(9-12)20-18(22)13(2)26-19-11-14-5-4-6-15(10-14)21(23)24/h4-11,13H,1-3H3,(H,20,22)/b19-11+. The van der Waals surface area contributed by atoms with E-state index in [4.69, 9.17) is 9.57 Å². The van der Waals surface area contributed by atoms with Gasteiger partial charge in [-0.2, -0.15) is 0 Å². The molecule has 1 amide bonds. The van der Waals surface area contributed by atoms with Crippen LogP contribution in [0.15, 0.2) is 47.6 Å². The van der Waals surface area contributed by atoms with Crippen LogP contribution in [0.5, 0.6) is 5.75 Å². The number of anilines is 1. The van der Waals surface area contributed by atoms with Gasteiger partial charge in [0.1, 0.15) is 5.75 Å². The van der Waals surface area contributed by atoms with Crippen molar-refractivity contribution < 1.29 is 19.3 Å². The van der Waals surface area contributed by atoms with Crippen molar-refractivity contribution in [3.63, 3.8) is 0 Å². The van der Waals surface area contributed by atoms with E-state index >= 15 is 0 Å². The summed E-state index contributed by atoms with van der Waals surface area (Å²) in [6.07, 6.45) is 0.444. The summed E-state index contributed by atoms with van der Waals surface area (Å²) in [6.45, 7) is 3.45. The van der Waals surface area contributed by atoms with E-state index in [1.165, 1.54) is 25.5 Å². The number of amides is 1. The molecule has 0 saturated heterocycles. The van der Waals surface area contributed by atoms with Crippen LogP contribution in [0.4, 0.5) is 11.4 Å². The van der Waals surface area contributed by atoms with E-state index in [0.717, 1.165) is 5.56 Å². The maximum Gasteiger partial charge on any atom is 0.270 e. The molecule has 2 aromatic carbocycles. The van der Waals surface area contributed by atoms with Gasteiger partial charge in [-0.05, 0) is 31.5 Å². The van der Waals surface area contributed by atoms with Crippen molar-refractivity contribution >= 4 is 23.5 Å². The van der Waals surface area contributed by atoms with Gasteiger partial charge in [-0.15, -0.1) is 0 Å². The third-order valence-corrected chi connectivity index (χ3v) is 3.48. The monoisotopic (exact) mass is 357 g/mol. The SMILES string of the molecule is COc1ccc(C)cc1NC(=O)C(C)O/N=C/c1cccc([N+](=O)[O-])c1. The lowest BCUT2D eigenvalue weighted by atomic mass is 10.2. The zero-order valence-corrected chi connectivity index (χ0v) is 14.6. The number of carbonyl (C=O) groups is 1. The molecule has 1 unspecified atom stereocenters. The second kappa shape index (κ2) is 8.61. The smallest absolute Gasteiger partial charge is 0.270 e. The topological polar surface area (TPSA) is 103 Å². The fourth-order valence-corrected chi connectivity index (χ4v) is 2.10. The molecule has 0 aliphatic heterocycles. The molecule has 8 nitrogen and oxygen atoms in total. The van der Waals surface area contributed by atoms with Gasteiger partial charge in [0, 0.05) is 17.7 Å². The maximum atomic E-state index is 12.2. The molecule has 0 fully saturated rings. The second-order valence-electron chi connectivity index (χ2n) is 5.53. The summed E-state index contributed by atoms with van der Waals surface area (Å²) in [6, 6.07) is 11.3. The number of ether oxygens (including phenoxy) is 1. The van der Waals surface area contributed by atoms with E-state index in [1.54, 1.807) is 31.2 Å². The molecule has 1 atom stereocenters. The van der Waals surface area contributed by atoms with Crippen molar-refractivity contribution in [2.24, 2.45) is 5.16 Å². The van der Waals surface area contributed by atoms with Gasteiger partial charge in [0.25, 0.3) is 11.6 Å². The van der Waals surface area contributed by atoms with E-state index in [1.807, 2.05) is 13.0 Å². The maximum absolute atomic E-state index is 12.2. The average molecular weight is 357 g/mol. The number of nitrogens with zero attached hydrogens (tertiary/aromatic N) is 2. The number of non-ortho nitro benzene ring substituents is 1. The fourth-order valence-electron chi connectivity index (χ4n) is 2.10. The molecule has 0 aliphatic carbocycles.